The Balaban J connectivity index is 1.84. The molecule has 0 aliphatic heterocycles. The average Bonchev–Trinajstić information content (AvgIpc) is 2.88. The fourth-order valence-electron chi connectivity index (χ4n) is 2.73. The molecule has 0 fully saturated rings. The van der Waals surface area contributed by atoms with E-state index in [2.05, 4.69) is 10.3 Å². The van der Waals surface area contributed by atoms with Crippen molar-refractivity contribution in [3.8, 4) is 11.5 Å². The molecule has 0 unspecified atom stereocenters. The molecule has 25 heavy (non-hydrogen) atoms. The van der Waals surface area contributed by atoms with Crippen molar-refractivity contribution in [3.63, 3.8) is 0 Å². The van der Waals surface area contributed by atoms with Crippen LogP contribution in [0.1, 0.15) is 46.0 Å². The predicted octanol–water partition coefficient (Wildman–Crippen LogP) is 3.04. The Kier molecular flexibility index (Phi) is 6.22. The van der Waals surface area contributed by atoms with Gasteiger partial charge in [0, 0.05) is 11.3 Å². The molecule has 0 aliphatic rings. The SMILES string of the molecule is CCOc1ccc(OCCNC(=O)c2[nH]c(C)c(C(C)=O)c2C)cc1. The lowest BCUT2D eigenvalue weighted by Gasteiger charge is -2.09. The maximum atomic E-state index is 12.3. The van der Waals surface area contributed by atoms with Gasteiger partial charge in [-0.05, 0) is 57.5 Å². The summed E-state index contributed by atoms with van der Waals surface area (Å²) in [5.74, 6) is 1.21. The number of aromatic nitrogens is 1. The molecular formula is C19H24N2O4. The van der Waals surface area contributed by atoms with Crippen LogP contribution in [0, 0.1) is 13.8 Å². The van der Waals surface area contributed by atoms with Crippen LogP contribution in [0.3, 0.4) is 0 Å². The molecule has 0 saturated heterocycles. The van der Waals surface area contributed by atoms with Crippen molar-refractivity contribution < 1.29 is 19.1 Å². The van der Waals surface area contributed by atoms with Gasteiger partial charge >= 0.3 is 0 Å². The van der Waals surface area contributed by atoms with Crippen LogP contribution in [0.2, 0.25) is 0 Å². The normalized spacial score (nSPS) is 10.4. The first kappa shape index (κ1) is 18.6. The Morgan fingerprint density at radius 1 is 1.08 bits per heavy atom. The van der Waals surface area contributed by atoms with Crippen LogP contribution in [-0.4, -0.2) is 36.4 Å². The number of carbonyl (C=O) groups excluding carboxylic acids is 2. The van der Waals surface area contributed by atoms with Crippen molar-refractivity contribution in [1.29, 1.82) is 0 Å². The monoisotopic (exact) mass is 344 g/mol. The molecular weight excluding hydrogens is 320 g/mol. The van der Waals surface area contributed by atoms with Crippen LogP contribution in [0.25, 0.3) is 0 Å². The molecule has 1 aromatic heterocycles. The highest BCUT2D eigenvalue weighted by Gasteiger charge is 2.19. The summed E-state index contributed by atoms with van der Waals surface area (Å²) in [5, 5.41) is 2.79. The summed E-state index contributed by atoms with van der Waals surface area (Å²) in [6.45, 7) is 8.31. The van der Waals surface area contributed by atoms with E-state index in [0.29, 0.717) is 48.0 Å². The molecule has 2 rings (SSSR count). The van der Waals surface area contributed by atoms with Gasteiger partial charge in [0.1, 0.15) is 23.8 Å². The highest BCUT2D eigenvalue weighted by atomic mass is 16.5. The van der Waals surface area contributed by atoms with Crippen LogP contribution >= 0.6 is 0 Å². The average molecular weight is 344 g/mol. The Morgan fingerprint density at radius 2 is 1.68 bits per heavy atom. The number of aryl methyl sites for hydroxylation is 1. The second-order valence-electron chi connectivity index (χ2n) is 5.69. The summed E-state index contributed by atoms with van der Waals surface area (Å²) in [7, 11) is 0. The van der Waals surface area contributed by atoms with Gasteiger partial charge in [-0.15, -0.1) is 0 Å². The fourth-order valence-corrected chi connectivity index (χ4v) is 2.73. The molecule has 134 valence electrons. The first-order valence-electron chi connectivity index (χ1n) is 8.28. The van der Waals surface area contributed by atoms with Crippen molar-refractivity contribution in [2.45, 2.75) is 27.7 Å². The second-order valence-corrected chi connectivity index (χ2v) is 5.69. The van der Waals surface area contributed by atoms with Gasteiger partial charge in [-0.2, -0.15) is 0 Å². The molecule has 0 spiro atoms. The summed E-state index contributed by atoms with van der Waals surface area (Å²) in [4.78, 5) is 26.9. The molecule has 2 N–H and O–H groups in total. The van der Waals surface area contributed by atoms with E-state index in [0.717, 1.165) is 5.75 Å². The summed E-state index contributed by atoms with van der Waals surface area (Å²) in [6, 6.07) is 7.33. The van der Waals surface area contributed by atoms with Gasteiger partial charge in [0.2, 0.25) is 0 Å². The maximum Gasteiger partial charge on any atom is 0.268 e. The molecule has 2 aromatic rings. The molecule has 6 heteroatoms. The zero-order valence-corrected chi connectivity index (χ0v) is 15.1. The van der Waals surface area contributed by atoms with Gasteiger partial charge in [0.25, 0.3) is 5.91 Å². The lowest BCUT2D eigenvalue weighted by atomic mass is 10.1. The van der Waals surface area contributed by atoms with Crippen LogP contribution in [0.5, 0.6) is 11.5 Å². The van der Waals surface area contributed by atoms with Crippen molar-refractivity contribution in [2.75, 3.05) is 19.8 Å². The van der Waals surface area contributed by atoms with Gasteiger partial charge < -0.3 is 19.8 Å². The Morgan fingerprint density at radius 3 is 2.20 bits per heavy atom. The fraction of sp³-hybridized carbons (Fsp3) is 0.368. The van der Waals surface area contributed by atoms with E-state index in [1.54, 1.807) is 13.8 Å². The lowest BCUT2D eigenvalue weighted by Crippen LogP contribution is -2.28. The molecule has 0 saturated carbocycles. The number of ether oxygens (including phenoxy) is 2. The summed E-state index contributed by atoms with van der Waals surface area (Å²) in [6.07, 6.45) is 0. The largest absolute Gasteiger partial charge is 0.494 e. The smallest absolute Gasteiger partial charge is 0.268 e. The van der Waals surface area contributed by atoms with Crippen LogP contribution in [-0.2, 0) is 0 Å². The van der Waals surface area contributed by atoms with E-state index < -0.39 is 0 Å². The van der Waals surface area contributed by atoms with Gasteiger partial charge in [0.05, 0.1) is 13.2 Å². The quantitative estimate of drug-likeness (QED) is 0.570. The zero-order chi connectivity index (χ0) is 18.4. The Labute approximate surface area is 147 Å². The van der Waals surface area contributed by atoms with Crippen LogP contribution < -0.4 is 14.8 Å². The number of H-pyrrole nitrogens is 1. The first-order valence-corrected chi connectivity index (χ1v) is 8.28. The molecule has 1 heterocycles. The van der Waals surface area contributed by atoms with Gasteiger partial charge in [-0.25, -0.2) is 0 Å². The van der Waals surface area contributed by atoms with Crippen LogP contribution in [0.4, 0.5) is 0 Å². The van der Waals surface area contributed by atoms with Crippen molar-refractivity contribution in [3.05, 3.63) is 46.8 Å². The lowest BCUT2D eigenvalue weighted by molar-refractivity contribution is 0.0941. The van der Waals surface area contributed by atoms with Crippen molar-refractivity contribution in [1.82, 2.24) is 10.3 Å². The Bertz CT molecular complexity index is 748. The van der Waals surface area contributed by atoms with E-state index >= 15 is 0 Å². The maximum absolute atomic E-state index is 12.3. The topological polar surface area (TPSA) is 80.4 Å². The predicted molar refractivity (Wildman–Crippen MR) is 95.7 cm³/mol. The molecule has 0 aliphatic carbocycles. The third-order valence-corrected chi connectivity index (χ3v) is 3.81. The summed E-state index contributed by atoms with van der Waals surface area (Å²) < 4.78 is 11.0. The summed E-state index contributed by atoms with van der Waals surface area (Å²) >= 11 is 0. The standard InChI is InChI=1S/C19H24N2O4/c1-5-24-15-6-8-16(9-7-15)25-11-10-20-19(23)18-12(2)17(14(4)22)13(3)21-18/h6-9,21H,5,10-11H2,1-4H3,(H,20,23). The minimum absolute atomic E-state index is 0.0517. The van der Waals surface area contributed by atoms with E-state index in [4.69, 9.17) is 9.47 Å². The van der Waals surface area contributed by atoms with Crippen molar-refractivity contribution in [2.24, 2.45) is 0 Å². The molecule has 1 amide bonds. The van der Waals surface area contributed by atoms with E-state index in [1.807, 2.05) is 31.2 Å². The second kappa shape index (κ2) is 8.37. The number of carbonyl (C=O) groups is 2. The molecule has 1 aromatic carbocycles. The van der Waals surface area contributed by atoms with Gasteiger partial charge in [-0.3, -0.25) is 9.59 Å². The zero-order valence-electron chi connectivity index (χ0n) is 15.1. The first-order chi connectivity index (χ1) is 11.9. The minimum Gasteiger partial charge on any atom is -0.494 e. The number of ketones is 1. The number of hydrogen-bond donors (Lipinski definition) is 2. The number of nitrogens with one attached hydrogen (secondary N) is 2. The summed E-state index contributed by atoms with van der Waals surface area (Å²) in [5.41, 5.74) is 2.38. The third-order valence-electron chi connectivity index (χ3n) is 3.81. The van der Waals surface area contributed by atoms with Gasteiger partial charge in [0.15, 0.2) is 5.78 Å². The number of aromatic amines is 1. The third kappa shape index (κ3) is 4.62. The van der Waals surface area contributed by atoms with Crippen molar-refractivity contribution >= 4 is 11.7 Å². The molecule has 0 bridgehead atoms. The van der Waals surface area contributed by atoms with E-state index in [1.165, 1.54) is 6.92 Å². The minimum atomic E-state index is -0.247. The Hall–Kier alpha value is -2.76. The molecule has 0 radical (unpaired) electrons. The highest BCUT2D eigenvalue weighted by Crippen LogP contribution is 2.19. The molecule has 6 nitrogen and oxygen atoms in total. The van der Waals surface area contributed by atoms with E-state index in [-0.39, 0.29) is 11.7 Å². The number of Topliss-reactive ketones (excluding diaryl/α,β-unsaturated/α-hetero) is 1. The number of rotatable bonds is 8. The number of benzene rings is 1. The number of hydrogen-bond acceptors (Lipinski definition) is 4. The highest BCUT2D eigenvalue weighted by molar-refractivity contribution is 6.02. The molecule has 0 atom stereocenters. The number of amides is 1. The van der Waals surface area contributed by atoms with Crippen LogP contribution in [0.15, 0.2) is 24.3 Å². The van der Waals surface area contributed by atoms with Gasteiger partial charge in [-0.1, -0.05) is 0 Å². The van der Waals surface area contributed by atoms with E-state index in [9.17, 15) is 9.59 Å².